The van der Waals surface area contributed by atoms with Gasteiger partial charge in [-0.25, -0.2) is 5.43 Å². The minimum atomic E-state index is -1.06. The van der Waals surface area contributed by atoms with Gasteiger partial charge in [-0.1, -0.05) is 17.7 Å². The lowest BCUT2D eigenvalue weighted by Crippen LogP contribution is -2.32. The Morgan fingerprint density at radius 1 is 1.24 bits per heavy atom. The zero-order valence-corrected chi connectivity index (χ0v) is 10.1. The van der Waals surface area contributed by atoms with Gasteiger partial charge in [-0.15, -0.1) is 0 Å². The van der Waals surface area contributed by atoms with Crippen molar-refractivity contribution in [3.05, 3.63) is 34.4 Å². The van der Waals surface area contributed by atoms with Crippen molar-refractivity contribution < 1.29 is 9.59 Å². The number of hydrazone groups is 1. The molecule has 0 fully saturated rings. The molecule has 0 unspecified atom stereocenters. The number of hydrogen-bond donors (Lipinski definition) is 2. The van der Waals surface area contributed by atoms with E-state index in [-0.39, 0.29) is 0 Å². The summed E-state index contributed by atoms with van der Waals surface area (Å²) < 4.78 is 0. The zero-order chi connectivity index (χ0) is 13.0. The van der Waals surface area contributed by atoms with E-state index in [0.717, 1.165) is 16.7 Å². The van der Waals surface area contributed by atoms with E-state index in [1.165, 1.54) is 11.8 Å². The van der Waals surface area contributed by atoms with E-state index in [2.05, 4.69) is 10.5 Å². The molecule has 2 amide bonds. The zero-order valence-electron chi connectivity index (χ0n) is 10.1. The molecule has 0 heterocycles. The van der Waals surface area contributed by atoms with Gasteiger partial charge in [0, 0.05) is 5.56 Å². The molecule has 0 spiro atoms. The molecule has 1 aromatic carbocycles. The molecule has 0 aliphatic rings. The number of rotatable bonds is 2. The molecule has 0 saturated carbocycles. The van der Waals surface area contributed by atoms with Crippen molar-refractivity contribution >= 4 is 18.0 Å². The number of nitrogens with two attached hydrogens (primary N) is 1. The van der Waals surface area contributed by atoms with E-state index < -0.39 is 11.8 Å². The topological polar surface area (TPSA) is 84.6 Å². The van der Waals surface area contributed by atoms with Crippen molar-refractivity contribution in [2.24, 2.45) is 10.8 Å². The standard InChI is InChI=1S/C12H15N3O2/c1-7-4-8(2)10(9(3)5-7)6-14-15-12(17)11(13)16/h4-6H,1-3H3,(H2,13,16)(H,15,17). The van der Waals surface area contributed by atoms with Crippen molar-refractivity contribution in [2.45, 2.75) is 20.8 Å². The molecule has 1 aromatic rings. The van der Waals surface area contributed by atoms with Crippen LogP contribution < -0.4 is 11.2 Å². The first kappa shape index (κ1) is 12.9. The molecular formula is C12H15N3O2. The van der Waals surface area contributed by atoms with Crippen LogP contribution in [0.25, 0.3) is 0 Å². The van der Waals surface area contributed by atoms with E-state index in [1.54, 1.807) is 0 Å². The fourth-order valence-electron chi connectivity index (χ4n) is 1.61. The van der Waals surface area contributed by atoms with Gasteiger partial charge in [-0.05, 0) is 31.9 Å². The van der Waals surface area contributed by atoms with Crippen molar-refractivity contribution in [1.29, 1.82) is 0 Å². The fourth-order valence-corrected chi connectivity index (χ4v) is 1.61. The molecule has 3 N–H and O–H groups in total. The van der Waals surface area contributed by atoms with Crippen LogP contribution in [-0.2, 0) is 9.59 Å². The first-order valence-electron chi connectivity index (χ1n) is 5.12. The van der Waals surface area contributed by atoms with E-state index in [4.69, 9.17) is 5.73 Å². The van der Waals surface area contributed by atoms with Crippen LogP contribution >= 0.6 is 0 Å². The first-order valence-corrected chi connectivity index (χ1v) is 5.12. The number of hydrogen-bond acceptors (Lipinski definition) is 3. The second kappa shape index (κ2) is 5.25. The van der Waals surface area contributed by atoms with Crippen molar-refractivity contribution in [2.75, 3.05) is 0 Å². The van der Waals surface area contributed by atoms with Gasteiger partial charge in [0.05, 0.1) is 6.21 Å². The molecule has 0 aromatic heterocycles. The number of nitrogens with one attached hydrogen (secondary N) is 1. The maximum absolute atomic E-state index is 10.9. The van der Waals surface area contributed by atoms with Gasteiger partial charge < -0.3 is 5.73 Å². The van der Waals surface area contributed by atoms with Gasteiger partial charge in [0.1, 0.15) is 0 Å². The molecule has 5 nitrogen and oxygen atoms in total. The molecule has 5 heteroatoms. The Labute approximate surface area is 99.7 Å². The number of carbonyl (C=O) groups is 2. The molecule has 17 heavy (non-hydrogen) atoms. The molecular weight excluding hydrogens is 218 g/mol. The number of nitrogens with zero attached hydrogens (tertiary/aromatic N) is 1. The Morgan fingerprint density at radius 2 is 1.76 bits per heavy atom. The molecule has 1 rings (SSSR count). The summed E-state index contributed by atoms with van der Waals surface area (Å²) in [5.74, 6) is -1.98. The first-order chi connectivity index (χ1) is 7.91. The van der Waals surface area contributed by atoms with E-state index in [0.29, 0.717) is 0 Å². The minimum absolute atomic E-state index is 0.917. The summed E-state index contributed by atoms with van der Waals surface area (Å²) in [7, 11) is 0. The van der Waals surface area contributed by atoms with Crippen LogP contribution in [0, 0.1) is 20.8 Å². The summed E-state index contributed by atoms with van der Waals surface area (Å²) in [5.41, 5.74) is 11.0. The Hall–Kier alpha value is -2.17. The van der Waals surface area contributed by atoms with Gasteiger partial charge in [-0.3, -0.25) is 9.59 Å². The molecule has 0 radical (unpaired) electrons. The van der Waals surface area contributed by atoms with Gasteiger partial charge in [0.2, 0.25) is 0 Å². The summed E-state index contributed by atoms with van der Waals surface area (Å²) in [6.45, 7) is 5.92. The lowest BCUT2D eigenvalue weighted by atomic mass is 10.0. The fraction of sp³-hybridized carbons (Fsp3) is 0.250. The summed E-state index contributed by atoms with van der Waals surface area (Å²) in [6, 6.07) is 4.04. The van der Waals surface area contributed by atoms with E-state index >= 15 is 0 Å². The van der Waals surface area contributed by atoms with Crippen LogP contribution in [0.4, 0.5) is 0 Å². The average Bonchev–Trinajstić information content (AvgIpc) is 2.21. The number of aryl methyl sites for hydroxylation is 3. The molecule has 90 valence electrons. The van der Waals surface area contributed by atoms with Crippen LogP contribution in [0.3, 0.4) is 0 Å². The SMILES string of the molecule is Cc1cc(C)c(C=NNC(=O)C(N)=O)c(C)c1. The van der Waals surface area contributed by atoms with Crippen LogP contribution in [-0.4, -0.2) is 18.0 Å². The molecule has 0 saturated heterocycles. The van der Waals surface area contributed by atoms with Gasteiger partial charge in [-0.2, -0.15) is 5.10 Å². The summed E-state index contributed by atoms with van der Waals surface area (Å²) in [4.78, 5) is 21.3. The predicted molar refractivity (Wildman–Crippen MR) is 65.6 cm³/mol. The number of amides is 2. The minimum Gasteiger partial charge on any atom is -0.361 e. The third-order valence-corrected chi connectivity index (χ3v) is 2.32. The third kappa shape index (κ3) is 3.41. The maximum atomic E-state index is 10.9. The Balaban J connectivity index is 2.85. The van der Waals surface area contributed by atoms with Crippen LogP contribution in [0.2, 0.25) is 0 Å². The molecule has 0 aliphatic carbocycles. The molecule has 0 atom stereocenters. The Morgan fingerprint density at radius 3 is 2.24 bits per heavy atom. The second-order valence-corrected chi connectivity index (χ2v) is 3.88. The lowest BCUT2D eigenvalue weighted by molar-refractivity contribution is -0.137. The smallest absolute Gasteiger partial charge is 0.329 e. The van der Waals surface area contributed by atoms with Crippen molar-refractivity contribution in [3.63, 3.8) is 0 Å². The number of benzene rings is 1. The van der Waals surface area contributed by atoms with Crippen molar-refractivity contribution in [3.8, 4) is 0 Å². The number of primary amides is 1. The summed E-state index contributed by atoms with van der Waals surface area (Å²) in [6.07, 6.45) is 1.50. The van der Waals surface area contributed by atoms with Crippen LogP contribution in [0.15, 0.2) is 17.2 Å². The Kier molecular flexibility index (Phi) is 3.98. The molecule has 0 bridgehead atoms. The van der Waals surface area contributed by atoms with Crippen LogP contribution in [0.5, 0.6) is 0 Å². The van der Waals surface area contributed by atoms with Crippen molar-refractivity contribution in [1.82, 2.24) is 5.43 Å². The predicted octanol–water partition coefficient (Wildman–Crippen LogP) is 0.547. The maximum Gasteiger partial charge on any atom is 0.329 e. The lowest BCUT2D eigenvalue weighted by Gasteiger charge is -2.06. The quantitative estimate of drug-likeness (QED) is 0.444. The second-order valence-electron chi connectivity index (χ2n) is 3.88. The highest BCUT2D eigenvalue weighted by molar-refractivity contribution is 6.34. The Bertz CT molecular complexity index is 470. The normalized spacial score (nSPS) is 10.5. The van der Waals surface area contributed by atoms with E-state index in [9.17, 15) is 9.59 Å². The van der Waals surface area contributed by atoms with Gasteiger partial charge in [0.25, 0.3) is 0 Å². The molecule has 0 aliphatic heterocycles. The largest absolute Gasteiger partial charge is 0.361 e. The average molecular weight is 233 g/mol. The van der Waals surface area contributed by atoms with E-state index in [1.807, 2.05) is 32.9 Å². The highest BCUT2D eigenvalue weighted by Crippen LogP contribution is 2.13. The van der Waals surface area contributed by atoms with Crippen LogP contribution in [0.1, 0.15) is 22.3 Å². The number of carbonyl (C=O) groups excluding carboxylic acids is 2. The van der Waals surface area contributed by atoms with Gasteiger partial charge >= 0.3 is 11.8 Å². The summed E-state index contributed by atoms with van der Waals surface area (Å²) in [5, 5.41) is 3.69. The third-order valence-electron chi connectivity index (χ3n) is 2.32. The monoisotopic (exact) mass is 233 g/mol. The highest BCUT2D eigenvalue weighted by atomic mass is 16.2. The summed E-state index contributed by atoms with van der Waals surface area (Å²) >= 11 is 0. The highest BCUT2D eigenvalue weighted by Gasteiger charge is 2.06. The van der Waals surface area contributed by atoms with Gasteiger partial charge in [0.15, 0.2) is 0 Å².